The third-order valence-corrected chi connectivity index (χ3v) is 5.39. The Kier molecular flexibility index (Phi) is 4.56. The number of thiophene rings is 1. The number of ether oxygens (including phenoxy) is 1. The van der Waals surface area contributed by atoms with Crippen LogP contribution in [-0.2, 0) is 6.54 Å². The molecule has 0 aliphatic rings. The van der Waals surface area contributed by atoms with E-state index in [1.165, 1.54) is 29.3 Å². The van der Waals surface area contributed by atoms with Crippen LogP contribution in [0.5, 0.6) is 5.75 Å². The highest BCUT2D eigenvalue weighted by Gasteiger charge is 2.15. The molecule has 0 saturated carbocycles. The number of Topliss-reactive ketones (excluding diaryl/α,β-unsaturated/α-hetero) is 1. The first-order chi connectivity index (χ1) is 13.2. The zero-order valence-corrected chi connectivity index (χ0v) is 15.4. The standard InChI is InChI=1S/C21H16N2O3S/c1-26-18-10-6-5-9-15(18)17(24)12-23-13-22-20-16(21(23)25)11-19(27-20)14-7-3-2-4-8-14/h2-11,13H,12H2,1H3. The predicted octanol–water partition coefficient (Wildman–Crippen LogP) is 4.02. The molecular formula is C21H16N2O3S. The lowest BCUT2D eigenvalue weighted by Gasteiger charge is -2.08. The third-order valence-electron chi connectivity index (χ3n) is 4.30. The van der Waals surface area contributed by atoms with Gasteiger partial charge in [0.25, 0.3) is 5.56 Å². The fourth-order valence-electron chi connectivity index (χ4n) is 2.93. The van der Waals surface area contributed by atoms with Gasteiger partial charge in [0.15, 0.2) is 5.78 Å². The molecule has 0 aliphatic carbocycles. The third kappa shape index (κ3) is 3.27. The van der Waals surface area contributed by atoms with E-state index in [1.54, 1.807) is 24.3 Å². The van der Waals surface area contributed by atoms with E-state index in [1.807, 2.05) is 36.4 Å². The summed E-state index contributed by atoms with van der Waals surface area (Å²) in [4.78, 5) is 31.5. The summed E-state index contributed by atoms with van der Waals surface area (Å²) in [6.07, 6.45) is 1.43. The van der Waals surface area contributed by atoms with Gasteiger partial charge in [-0.1, -0.05) is 42.5 Å². The maximum atomic E-state index is 12.8. The number of methoxy groups -OCH3 is 1. The van der Waals surface area contributed by atoms with E-state index in [4.69, 9.17) is 4.74 Å². The molecule has 0 atom stereocenters. The van der Waals surface area contributed by atoms with Crippen molar-refractivity contribution in [2.75, 3.05) is 7.11 Å². The summed E-state index contributed by atoms with van der Waals surface area (Å²) in [5.74, 6) is 0.292. The number of ketones is 1. The molecule has 0 fully saturated rings. The van der Waals surface area contributed by atoms with E-state index in [9.17, 15) is 9.59 Å². The lowest BCUT2D eigenvalue weighted by molar-refractivity contribution is 0.0967. The normalized spacial score (nSPS) is 10.9. The lowest BCUT2D eigenvalue weighted by atomic mass is 10.1. The summed E-state index contributed by atoms with van der Waals surface area (Å²) >= 11 is 1.47. The van der Waals surface area contributed by atoms with Gasteiger partial charge in [0.1, 0.15) is 10.6 Å². The Labute approximate surface area is 159 Å². The molecule has 4 aromatic rings. The molecular weight excluding hydrogens is 360 g/mol. The molecule has 2 aromatic heterocycles. The van der Waals surface area contributed by atoms with Crippen LogP contribution in [0.3, 0.4) is 0 Å². The summed E-state index contributed by atoms with van der Waals surface area (Å²) in [5, 5.41) is 0.522. The summed E-state index contributed by atoms with van der Waals surface area (Å²) in [7, 11) is 1.52. The maximum absolute atomic E-state index is 12.8. The van der Waals surface area contributed by atoms with E-state index in [0.717, 1.165) is 10.4 Å². The molecule has 0 radical (unpaired) electrons. The van der Waals surface area contributed by atoms with E-state index < -0.39 is 0 Å². The van der Waals surface area contributed by atoms with Crippen molar-refractivity contribution >= 4 is 27.3 Å². The van der Waals surface area contributed by atoms with Gasteiger partial charge in [-0.15, -0.1) is 11.3 Å². The van der Waals surface area contributed by atoms with Gasteiger partial charge in [-0.2, -0.15) is 0 Å². The Hall–Kier alpha value is -3.25. The molecule has 0 bridgehead atoms. The highest BCUT2D eigenvalue weighted by molar-refractivity contribution is 7.21. The molecule has 4 rings (SSSR count). The van der Waals surface area contributed by atoms with Gasteiger partial charge in [-0.3, -0.25) is 14.2 Å². The average molecular weight is 376 g/mol. The fourth-order valence-corrected chi connectivity index (χ4v) is 3.93. The van der Waals surface area contributed by atoms with Crippen molar-refractivity contribution in [3.63, 3.8) is 0 Å². The average Bonchev–Trinajstić information content (AvgIpc) is 3.16. The number of carbonyl (C=O) groups is 1. The predicted molar refractivity (Wildman–Crippen MR) is 107 cm³/mol. The summed E-state index contributed by atoms with van der Waals surface area (Å²) in [6.45, 7) is -0.0847. The number of para-hydroxylation sites is 1. The first-order valence-corrected chi connectivity index (χ1v) is 9.19. The second kappa shape index (κ2) is 7.17. The van der Waals surface area contributed by atoms with Crippen molar-refractivity contribution in [2.45, 2.75) is 6.54 Å². The maximum Gasteiger partial charge on any atom is 0.262 e. The summed E-state index contributed by atoms with van der Waals surface area (Å²) in [5.41, 5.74) is 1.26. The topological polar surface area (TPSA) is 61.2 Å². The molecule has 0 aliphatic heterocycles. The van der Waals surface area contributed by atoms with Gasteiger partial charge in [0, 0.05) is 4.88 Å². The van der Waals surface area contributed by atoms with Crippen molar-refractivity contribution in [2.24, 2.45) is 0 Å². The molecule has 134 valence electrons. The quantitative estimate of drug-likeness (QED) is 0.494. The minimum absolute atomic E-state index is 0.0847. The molecule has 0 amide bonds. The largest absolute Gasteiger partial charge is 0.496 e. The molecule has 0 unspecified atom stereocenters. The Bertz CT molecular complexity index is 1180. The molecule has 0 N–H and O–H groups in total. The van der Waals surface area contributed by atoms with E-state index in [0.29, 0.717) is 21.5 Å². The Morgan fingerprint density at radius 2 is 1.85 bits per heavy atom. The minimum atomic E-state index is -0.221. The van der Waals surface area contributed by atoms with Crippen molar-refractivity contribution in [1.29, 1.82) is 0 Å². The van der Waals surface area contributed by atoms with Gasteiger partial charge in [-0.05, 0) is 23.8 Å². The number of hydrogen-bond acceptors (Lipinski definition) is 5. The monoisotopic (exact) mass is 376 g/mol. The molecule has 6 heteroatoms. The van der Waals surface area contributed by atoms with Crippen LogP contribution >= 0.6 is 11.3 Å². The van der Waals surface area contributed by atoms with Crippen molar-refractivity contribution in [3.05, 3.63) is 82.9 Å². The Balaban J connectivity index is 1.70. The van der Waals surface area contributed by atoms with Crippen LogP contribution in [-0.4, -0.2) is 22.4 Å². The van der Waals surface area contributed by atoms with Crippen LogP contribution in [0, 0.1) is 0 Å². The minimum Gasteiger partial charge on any atom is -0.496 e. The van der Waals surface area contributed by atoms with Crippen LogP contribution < -0.4 is 10.3 Å². The van der Waals surface area contributed by atoms with Gasteiger partial charge in [0.05, 0.1) is 30.9 Å². The number of aromatic nitrogens is 2. The summed E-state index contributed by atoms with van der Waals surface area (Å²) in [6, 6.07) is 18.7. The number of carbonyl (C=O) groups excluding carboxylic acids is 1. The van der Waals surface area contributed by atoms with Gasteiger partial charge < -0.3 is 4.74 Å². The van der Waals surface area contributed by atoms with Gasteiger partial charge >= 0.3 is 0 Å². The van der Waals surface area contributed by atoms with E-state index in [-0.39, 0.29) is 17.9 Å². The molecule has 5 nitrogen and oxygen atoms in total. The number of fused-ring (bicyclic) bond motifs is 1. The van der Waals surface area contributed by atoms with Crippen molar-refractivity contribution in [3.8, 4) is 16.2 Å². The van der Waals surface area contributed by atoms with E-state index >= 15 is 0 Å². The lowest BCUT2D eigenvalue weighted by Crippen LogP contribution is -2.24. The number of nitrogens with zero attached hydrogens (tertiary/aromatic N) is 2. The molecule has 0 saturated heterocycles. The number of hydrogen-bond donors (Lipinski definition) is 0. The second-order valence-electron chi connectivity index (χ2n) is 6.00. The Morgan fingerprint density at radius 3 is 2.63 bits per heavy atom. The second-order valence-corrected chi connectivity index (χ2v) is 7.03. The highest BCUT2D eigenvalue weighted by atomic mass is 32.1. The molecule has 27 heavy (non-hydrogen) atoms. The summed E-state index contributed by atoms with van der Waals surface area (Å²) < 4.78 is 6.58. The van der Waals surface area contributed by atoms with Crippen molar-refractivity contribution < 1.29 is 9.53 Å². The highest BCUT2D eigenvalue weighted by Crippen LogP contribution is 2.30. The molecule has 0 spiro atoms. The molecule has 2 aromatic carbocycles. The van der Waals surface area contributed by atoms with Gasteiger partial charge in [0.2, 0.25) is 0 Å². The number of rotatable bonds is 5. The Morgan fingerprint density at radius 1 is 1.11 bits per heavy atom. The van der Waals surface area contributed by atoms with Crippen LogP contribution in [0.4, 0.5) is 0 Å². The van der Waals surface area contributed by atoms with Crippen LogP contribution in [0.2, 0.25) is 0 Å². The zero-order chi connectivity index (χ0) is 18.8. The first-order valence-electron chi connectivity index (χ1n) is 8.38. The molecule has 2 heterocycles. The van der Waals surface area contributed by atoms with Crippen LogP contribution in [0.1, 0.15) is 10.4 Å². The SMILES string of the molecule is COc1ccccc1C(=O)Cn1cnc2sc(-c3ccccc3)cc2c1=O. The zero-order valence-electron chi connectivity index (χ0n) is 14.6. The first kappa shape index (κ1) is 17.2. The van der Waals surface area contributed by atoms with Crippen molar-refractivity contribution in [1.82, 2.24) is 9.55 Å². The van der Waals surface area contributed by atoms with Gasteiger partial charge in [-0.25, -0.2) is 4.98 Å². The number of benzene rings is 2. The fraction of sp³-hybridized carbons (Fsp3) is 0.0952. The van der Waals surface area contributed by atoms with E-state index in [2.05, 4.69) is 4.98 Å². The van der Waals surface area contributed by atoms with Crippen LogP contribution in [0.25, 0.3) is 20.7 Å². The van der Waals surface area contributed by atoms with Crippen LogP contribution in [0.15, 0.2) is 71.8 Å². The smallest absolute Gasteiger partial charge is 0.262 e.